The Morgan fingerprint density at radius 3 is 1.93 bits per heavy atom. The van der Waals surface area contributed by atoms with Gasteiger partial charge >= 0.3 is 0 Å². The van der Waals surface area contributed by atoms with Crippen LogP contribution in [0.3, 0.4) is 0 Å². The molecule has 92 valence electrons. The largest absolute Gasteiger partial charge is 0.328 e. The normalized spacial score (nSPS) is 16.0. The van der Waals surface area contributed by atoms with Crippen molar-refractivity contribution < 1.29 is 0 Å². The Balaban J connectivity index is 4.09. The highest BCUT2D eigenvalue weighted by Crippen LogP contribution is 2.14. The summed E-state index contributed by atoms with van der Waals surface area (Å²) in [5.74, 6) is 0.848. The molecule has 0 aliphatic rings. The molecule has 2 heteroatoms. The third kappa shape index (κ3) is 6.16. The first kappa shape index (κ1) is 14.9. The molecule has 0 rings (SSSR count). The van der Waals surface area contributed by atoms with Crippen LogP contribution >= 0.6 is 0 Å². The predicted molar refractivity (Wildman–Crippen MR) is 69.0 cm³/mol. The van der Waals surface area contributed by atoms with E-state index in [0.717, 1.165) is 18.9 Å². The van der Waals surface area contributed by atoms with Gasteiger partial charge in [-0.1, -0.05) is 33.6 Å². The van der Waals surface area contributed by atoms with Crippen LogP contribution in [0.1, 0.15) is 53.9 Å². The molecule has 0 radical (unpaired) electrons. The van der Waals surface area contributed by atoms with Crippen LogP contribution in [0.5, 0.6) is 0 Å². The van der Waals surface area contributed by atoms with E-state index in [4.69, 9.17) is 5.73 Å². The second kappa shape index (κ2) is 8.12. The van der Waals surface area contributed by atoms with E-state index in [2.05, 4.69) is 39.5 Å². The van der Waals surface area contributed by atoms with Crippen LogP contribution in [-0.4, -0.2) is 30.1 Å². The lowest BCUT2D eigenvalue weighted by molar-refractivity contribution is 0.168. The van der Waals surface area contributed by atoms with Gasteiger partial charge < -0.3 is 10.6 Å². The number of hydrogen-bond donors (Lipinski definition) is 1. The molecule has 0 amide bonds. The highest BCUT2D eigenvalue weighted by atomic mass is 15.1. The lowest BCUT2D eigenvalue weighted by Gasteiger charge is -2.32. The lowest BCUT2D eigenvalue weighted by atomic mass is 10.0. The van der Waals surface area contributed by atoms with Gasteiger partial charge in [-0.3, -0.25) is 0 Å². The molecule has 0 spiro atoms. The Morgan fingerprint density at radius 2 is 1.60 bits per heavy atom. The van der Waals surface area contributed by atoms with Crippen molar-refractivity contribution >= 4 is 0 Å². The van der Waals surface area contributed by atoms with Crippen molar-refractivity contribution in [3.63, 3.8) is 0 Å². The molecule has 0 saturated heterocycles. The van der Waals surface area contributed by atoms with Gasteiger partial charge in [-0.25, -0.2) is 0 Å². The Bertz CT molecular complexity index is 141. The maximum Gasteiger partial charge on any atom is 0.00815 e. The van der Waals surface area contributed by atoms with Crippen LogP contribution in [0.25, 0.3) is 0 Å². The minimum Gasteiger partial charge on any atom is -0.328 e. The maximum atomic E-state index is 5.85. The molecule has 0 bridgehead atoms. The average Bonchev–Trinajstić information content (AvgIpc) is 2.18. The summed E-state index contributed by atoms with van der Waals surface area (Å²) in [5.41, 5.74) is 5.85. The van der Waals surface area contributed by atoms with Gasteiger partial charge in [0.05, 0.1) is 0 Å². The summed E-state index contributed by atoms with van der Waals surface area (Å²) in [6, 6.07) is 0.936. The molecular formula is C13H30N2. The number of rotatable bonds is 8. The zero-order valence-corrected chi connectivity index (χ0v) is 11.3. The minimum atomic E-state index is 0.316. The summed E-state index contributed by atoms with van der Waals surface area (Å²) in [7, 11) is 0. The van der Waals surface area contributed by atoms with Crippen molar-refractivity contribution in [3.05, 3.63) is 0 Å². The third-order valence-corrected chi connectivity index (χ3v) is 3.39. The van der Waals surface area contributed by atoms with E-state index in [9.17, 15) is 0 Å². The highest BCUT2D eigenvalue weighted by molar-refractivity contribution is 4.72. The van der Waals surface area contributed by atoms with Crippen LogP contribution in [0.2, 0.25) is 0 Å². The summed E-state index contributed by atoms with van der Waals surface area (Å²) in [6.45, 7) is 13.6. The molecule has 2 nitrogen and oxygen atoms in total. The van der Waals surface area contributed by atoms with E-state index in [1.807, 2.05) is 0 Å². The summed E-state index contributed by atoms with van der Waals surface area (Å²) in [4.78, 5) is 2.57. The van der Waals surface area contributed by atoms with Crippen molar-refractivity contribution in [2.45, 2.75) is 66.0 Å². The molecule has 0 aromatic carbocycles. The van der Waals surface area contributed by atoms with Gasteiger partial charge in [0.1, 0.15) is 0 Å². The summed E-state index contributed by atoms with van der Waals surface area (Å²) in [6.07, 6.45) is 3.68. The van der Waals surface area contributed by atoms with Gasteiger partial charge in [0, 0.05) is 18.6 Å². The molecule has 0 aliphatic carbocycles. The first-order valence-electron chi connectivity index (χ1n) is 6.54. The monoisotopic (exact) mass is 214 g/mol. The van der Waals surface area contributed by atoms with Crippen molar-refractivity contribution in [2.24, 2.45) is 11.7 Å². The first-order valence-corrected chi connectivity index (χ1v) is 6.54. The van der Waals surface area contributed by atoms with Crippen LogP contribution in [-0.2, 0) is 0 Å². The standard InChI is InChI=1S/C13H30N2/c1-6-13(7-2)10-15(8-3)12(5)9-11(4)14/h11-13H,6-10,14H2,1-5H3. The van der Waals surface area contributed by atoms with E-state index in [-0.39, 0.29) is 0 Å². The fraction of sp³-hybridized carbons (Fsp3) is 1.00. The topological polar surface area (TPSA) is 29.3 Å². The smallest absolute Gasteiger partial charge is 0.00815 e. The molecule has 0 heterocycles. The van der Waals surface area contributed by atoms with Crippen LogP contribution in [0.15, 0.2) is 0 Å². The molecule has 15 heavy (non-hydrogen) atoms. The molecule has 0 aromatic heterocycles. The van der Waals surface area contributed by atoms with Gasteiger partial charge in [0.25, 0.3) is 0 Å². The van der Waals surface area contributed by atoms with Gasteiger partial charge in [-0.15, -0.1) is 0 Å². The zero-order chi connectivity index (χ0) is 11.8. The van der Waals surface area contributed by atoms with Crippen LogP contribution in [0, 0.1) is 5.92 Å². The van der Waals surface area contributed by atoms with Crippen molar-refractivity contribution in [1.29, 1.82) is 0 Å². The first-order chi connectivity index (χ1) is 7.04. The van der Waals surface area contributed by atoms with Gasteiger partial charge in [0.2, 0.25) is 0 Å². The fourth-order valence-electron chi connectivity index (χ4n) is 2.19. The SMILES string of the molecule is CCC(CC)CN(CC)C(C)CC(C)N. The van der Waals surface area contributed by atoms with Crippen molar-refractivity contribution in [3.8, 4) is 0 Å². The van der Waals surface area contributed by atoms with Gasteiger partial charge in [-0.2, -0.15) is 0 Å². The average molecular weight is 214 g/mol. The maximum absolute atomic E-state index is 5.85. The van der Waals surface area contributed by atoms with Crippen LogP contribution < -0.4 is 5.73 Å². The Labute approximate surface area is 96.2 Å². The number of nitrogens with zero attached hydrogens (tertiary/aromatic N) is 1. The number of hydrogen-bond acceptors (Lipinski definition) is 2. The van der Waals surface area contributed by atoms with E-state index in [0.29, 0.717) is 12.1 Å². The predicted octanol–water partition coefficient (Wildman–Crippen LogP) is 2.87. The fourth-order valence-corrected chi connectivity index (χ4v) is 2.19. The molecule has 0 fully saturated rings. The number of nitrogens with two attached hydrogens (primary N) is 1. The molecule has 2 unspecified atom stereocenters. The Morgan fingerprint density at radius 1 is 1.07 bits per heavy atom. The van der Waals surface area contributed by atoms with Crippen LogP contribution in [0.4, 0.5) is 0 Å². The molecular weight excluding hydrogens is 184 g/mol. The summed E-state index contributed by atoms with van der Waals surface area (Å²) < 4.78 is 0. The summed E-state index contributed by atoms with van der Waals surface area (Å²) in [5, 5.41) is 0. The lowest BCUT2D eigenvalue weighted by Crippen LogP contribution is -2.39. The second-order valence-electron chi connectivity index (χ2n) is 4.83. The van der Waals surface area contributed by atoms with Gasteiger partial charge in [0.15, 0.2) is 0 Å². The van der Waals surface area contributed by atoms with E-state index < -0.39 is 0 Å². The molecule has 0 aromatic rings. The minimum absolute atomic E-state index is 0.316. The Kier molecular flexibility index (Phi) is 8.07. The second-order valence-corrected chi connectivity index (χ2v) is 4.83. The van der Waals surface area contributed by atoms with E-state index in [1.54, 1.807) is 0 Å². The molecule has 2 atom stereocenters. The Hall–Kier alpha value is -0.0800. The van der Waals surface area contributed by atoms with Crippen molar-refractivity contribution in [2.75, 3.05) is 13.1 Å². The van der Waals surface area contributed by atoms with Crippen molar-refractivity contribution in [1.82, 2.24) is 4.90 Å². The molecule has 0 saturated carbocycles. The van der Waals surface area contributed by atoms with E-state index >= 15 is 0 Å². The zero-order valence-electron chi connectivity index (χ0n) is 11.3. The highest BCUT2D eigenvalue weighted by Gasteiger charge is 2.16. The van der Waals surface area contributed by atoms with E-state index in [1.165, 1.54) is 19.4 Å². The van der Waals surface area contributed by atoms with Gasteiger partial charge in [-0.05, 0) is 32.7 Å². The quantitative estimate of drug-likeness (QED) is 0.673. The third-order valence-electron chi connectivity index (χ3n) is 3.39. The molecule has 0 aliphatic heterocycles. The molecule has 2 N–H and O–H groups in total. The summed E-state index contributed by atoms with van der Waals surface area (Å²) >= 11 is 0.